The summed E-state index contributed by atoms with van der Waals surface area (Å²) in [4.78, 5) is 12.8. The first kappa shape index (κ1) is 21.4. The zero-order valence-corrected chi connectivity index (χ0v) is 17.8. The normalized spacial score (nSPS) is 15.7. The predicted octanol–water partition coefficient (Wildman–Crippen LogP) is 2.94. The summed E-state index contributed by atoms with van der Waals surface area (Å²) < 4.78 is 37.3. The third kappa shape index (κ3) is 5.01. The molecule has 29 heavy (non-hydrogen) atoms. The molecule has 7 nitrogen and oxygen atoms in total. The van der Waals surface area contributed by atoms with Crippen molar-refractivity contribution in [3.05, 3.63) is 53.1 Å². The van der Waals surface area contributed by atoms with Gasteiger partial charge in [0.05, 0.1) is 19.1 Å². The molecule has 1 aliphatic rings. The number of carbonyl (C=O) groups excluding carboxylic acids is 1. The first-order valence-electron chi connectivity index (χ1n) is 9.13. The number of methoxy groups -OCH3 is 2. The standard InChI is InChI=1S/C20H23ClN2O5S/c1-27-17-11-14(12-18(13-17)28-2)20(24)22-16-7-9-23(10-8-16)29(25,26)19-5-3-15(21)4-6-19/h3-6,11-13,16H,7-10H2,1-2H3,(H,22,24). The SMILES string of the molecule is COc1cc(OC)cc(C(=O)NC2CCN(S(=O)(=O)c3ccc(Cl)cc3)CC2)c1. The summed E-state index contributed by atoms with van der Waals surface area (Å²) >= 11 is 5.84. The minimum atomic E-state index is -3.57. The maximum absolute atomic E-state index is 12.8. The molecule has 0 saturated carbocycles. The average Bonchev–Trinajstić information content (AvgIpc) is 2.74. The zero-order chi connectivity index (χ0) is 21.0. The van der Waals surface area contributed by atoms with Crippen molar-refractivity contribution < 1.29 is 22.7 Å². The fourth-order valence-electron chi connectivity index (χ4n) is 3.20. The van der Waals surface area contributed by atoms with Crippen molar-refractivity contribution in [3.63, 3.8) is 0 Å². The van der Waals surface area contributed by atoms with E-state index in [0.717, 1.165) is 0 Å². The van der Waals surface area contributed by atoms with Gasteiger partial charge in [-0.15, -0.1) is 0 Å². The van der Waals surface area contributed by atoms with Crippen LogP contribution in [0.5, 0.6) is 11.5 Å². The molecule has 0 aromatic heterocycles. The molecule has 2 aromatic rings. The van der Waals surface area contributed by atoms with Crippen LogP contribution in [0.25, 0.3) is 0 Å². The average molecular weight is 439 g/mol. The monoisotopic (exact) mass is 438 g/mol. The molecule has 0 bridgehead atoms. The molecule has 1 fully saturated rings. The molecule has 156 valence electrons. The molecule has 1 saturated heterocycles. The summed E-state index contributed by atoms with van der Waals surface area (Å²) in [5.74, 6) is 0.804. The Balaban J connectivity index is 1.62. The van der Waals surface area contributed by atoms with Gasteiger partial charge in [-0.3, -0.25) is 4.79 Å². The van der Waals surface area contributed by atoms with E-state index in [4.69, 9.17) is 21.1 Å². The maximum Gasteiger partial charge on any atom is 0.251 e. The van der Waals surface area contributed by atoms with Gasteiger partial charge in [-0.2, -0.15) is 4.31 Å². The van der Waals surface area contributed by atoms with Crippen LogP contribution >= 0.6 is 11.6 Å². The summed E-state index contributed by atoms with van der Waals surface area (Å²) in [5, 5.41) is 3.45. The van der Waals surface area contributed by atoms with E-state index < -0.39 is 10.0 Å². The largest absolute Gasteiger partial charge is 0.497 e. The van der Waals surface area contributed by atoms with Crippen molar-refractivity contribution in [2.75, 3.05) is 27.3 Å². The van der Waals surface area contributed by atoms with Crippen molar-refractivity contribution >= 4 is 27.5 Å². The van der Waals surface area contributed by atoms with Crippen LogP contribution in [0.1, 0.15) is 23.2 Å². The fraction of sp³-hybridized carbons (Fsp3) is 0.350. The van der Waals surface area contributed by atoms with Crippen LogP contribution < -0.4 is 14.8 Å². The van der Waals surface area contributed by atoms with Crippen LogP contribution in [-0.2, 0) is 10.0 Å². The Morgan fingerprint density at radius 2 is 1.59 bits per heavy atom. The summed E-state index contributed by atoms with van der Waals surface area (Å²) in [6, 6.07) is 11.0. The van der Waals surface area contributed by atoms with Gasteiger partial charge in [0.2, 0.25) is 10.0 Å². The van der Waals surface area contributed by atoms with E-state index in [2.05, 4.69) is 5.32 Å². The molecule has 1 aliphatic heterocycles. The number of nitrogens with zero attached hydrogens (tertiary/aromatic N) is 1. The van der Waals surface area contributed by atoms with Crippen molar-refractivity contribution in [2.24, 2.45) is 0 Å². The Bertz CT molecular complexity index is 949. The lowest BCUT2D eigenvalue weighted by Gasteiger charge is -2.31. The molecule has 3 rings (SSSR count). The van der Waals surface area contributed by atoms with Gasteiger partial charge in [0.25, 0.3) is 5.91 Å². The zero-order valence-electron chi connectivity index (χ0n) is 16.2. The third-order valence-electron chi connectivity index (χ3n) is 4.85. The van der Waals surface area contributed by atoms with E-state index in [9.17, 15) is 13.2 Å². The second-order valence-electron chi connectivity index (χ2n) is 6.71. The highest BCUT2D eigenvalue weighted by molar-refractivity contribution is 7.89. The van der Waals surface area contributed by atoms with Crippen molar-refractivity contribution in [1.29, 1.82) is 0 Å². The highest BCUT2D eigenvalue weighted by Gasteiger charge is 2.30. The van der Waals surface area contributed by atoms with Gasteiger partial charge in [0, 0.05) is 35.8 Å². The summed E-state index contributed by atoms with van der Waals surface area (Å²) in [6.45, 7) is 0.661. The topological polar surface area (TPSA) is 84.9 Å². The van der Waals surface area contributed by atoms with Crippen LogP contribution in [0.15, 0.2) is 47.4 Å². The van der Waals surface area contributed by atoms with E-state index in [1.165, 1.54) is 30.7 Å². The number of ether oxygens (including phenoxy) is 2. The quantitative estimate of drug-likeness (QED) is 0.749. The molecule has 0 aliphatic carbocycles. The van der Waals surface area contributed by atoms with Crippen molar-refractivity contribution in [2.45, 2.75) is 23.8 Å². The van der Waals surface area contributed by atoms with Crippen LogP contribution in [0.3, 0.4) is 0 Å². The fourth-order valence-corrected chi connectivity index (χ4v) is 4.80. The third-order valence-corrected chi connectivity index (χ3v) is 7.02. The Kier molecular flexibility index (Phi) is 6.66. The number of halogens is 1. The van der Waals surface area contributed by atoms with Crippen LogP contribution in [0, 0.1) is 0 Å². The number of carbonyl (C=O) groups is 1. The smallest absolute Gasteiger partial charge is 0.251 e. The summed E-state index contributed by atoms with van der Waals surface area (Å²) in [7, 11) is -0.530. The molecule has 1 heterocycles. The number of hydrogen-bond acceptors (Lipinski definition) is 5. The molecule has 0 unspecified atom stereocenters. The van der Waals surface area contributed by atoms with Crippen molar-refractivity contribution in [1.82, 2.24) is 9.62 Å². The van der Waals surface area contributed by atoms with Gasteiger partial charge in [0.1, 0.15) is 11.5 Å². The minimum Gasteiger partial charge on any atom is -0.497 e. The second kappa shape index (κ2) is 9.02. The molecular formula is C20H23ClN2O5S. The second-order valence-corrected chi connectivity index (χ2v) is 9.08. The molecule has 9 heteroatoms. The Morgan fingerprint density at radius 1 is 1.03 bits per heavy atom. The first-order valence-corrected chi connectivity index (χ1v) is 10.9. The van der Waals surface area contributed by atoms with Gasteiger partial charge < -0.3 is 14.8 Å². The summed E-state index contributed by atoms with van der Waals surface area (Å²) in [6.07, 6.45) is 1.05. The van der Waals surface area contributed by atoms with E-state index in [0.29, 0.717) is 48.0 Å². The molecule has 1 N–H and O–H groups in total. The van der Waals surface area contributed by atoms with Gasteiger partial charge in [-0.25, -0.2) is 8.42 Å². The lowest BCUT2D eigenvalue weighted by molar-refractivity contribution is 0.0923. The number of amides is 1. The first-order chi connectivity index (χ1) is 13.8. The van der Waals surface area contributed by atoms with Gasteiger partial charge in [0.15, 0.2) is 0 Å². The van der Waals surface area contributed by atoms with Gasteiger partial charge in [-0.05, 0) is 49.2 Å². The van der Waals surface area contributed by atoms with E-state index in [-0.39, 0.29) is 16.8 Å². The lowest BCUT2D eigenvalue weighted by Crippen LogP contribution is -2.46. The number of nitrogens with one attached hydrogen (secondary N) is 1. The summed E-state index contributed by atoms with van der Waals surface area (Å²) in [5.41, 5.74) is 0.428. The molecule has 0 radical (unpaired) electrons. The van der Waals surface area contributed by atoms with E-state index in [1.54, 1.807) is 30.3 Å². The predicted molar refractivity (Wildman–Crippen MR) is 110 cm³/mol. The molecule has 0 spiro atoms. The number of sulfonamides is 1. The lowest BCUT2D eigenvalue weighted by atomic mass is 10.1. The molecule has 0 atom stereocenters. The minimum absolute atomic E-state index is 0.114. The van der Waals surface area contributed by atoms with Crippen LogP contribution in [0.2, 0.25) is 5.02 Å². The highest BCUT2D eigenvalue weighted by Crippen LogP contribution is 2.24. The van der Waals surface area contributed by atoms with Crippen LogP contribution in [-0.4, -0.2) is 52.0 Å². The highest BCUT2D eigenvalue weighted by atomic mass is 35.5. The number of hydrogen-bond donors (Lipinski definition) is 1. The van der Waals surface area contributed by atoms with Gasteiger partial charge >= 0.3 is 0 Å². The Hall–Kier alpha value is -2.29. The number of piperidine rings is 1. The number of rotatable bonds is 6. The molecule has 2 aromatic carbocycles. The Labute approximate surface area is 175 Å². The Morgan fingerprint density at radius 3 is 2.10 bits per heavy atom. The van der Waals surface area contributed by atoms with E-state index in [1.807, 2.05) is 0 Å². The maximum atomic E-state index is 12.8. The number of benzene rings is 2. The van der Waals surface area contributed by atoms with Gasteiger partial charge in [-0.1, -0.05) is 11.6 Å². The molecular weight excluding hydrogens is 416 g/mol. The van der Waals surface area contributed by atoms with E-state index >= 15 is 0 Å². The molecule has 1 amide bonds. The van der Waals surface area contributed by atoms with Crippen molar-refractivity contribution in [3.8, 4) is 11.5 Å². The van der Waals surface area contributed by atoms with Crippen LogP contribution in [0.4, 0.5) is 0 Å².